The molecule has 0 bridgehead atoms. The Morgan fingerprint density at radius 1 is 1.17 bits per heavy atom. The van der Waals surface area contributed by atoms with Crippen LogP contribution < -0.4 is 10.1 Å². The molecule has 0 saturated carbocycles. The lowest BCUT2D eigenvalue weighted by Crippen LogP contribution is -2.48. The number of rotatable bonds is 7. The Bertz CT molecular complexity index is 515. The highest BCUT2D eigenvalue weighted by atomic mass is 16.6. The summed E-state index contributed by atoms with van der Waals surface area (Å²) in [5, 5.41) is 2.92. The zero-order valence-electron chi connectivity index (χ0n) is 13.9. The molecule has 1 aliphatic rings. The van der Waals surface area contributed by atoms with Gasteiger partial charge in [-0.05, 0) is 25.0 Å². The van der Waals surface area contributed by atoms with Gasteiger partial charge in [-0.3, -0.25) is 4.79 Å². The number of nitrogens with one attached hydrogen (secondary N) is 1. The van der Waals surface area contributed by atoms with Gasteiger partial charge in [0, 0.05) is 26.2 Å². The number of carbonyl (C=O) groups is 2. The van der Waals surface area contributed by atoms with Crippen LogP contribution in [0.1, 0.15) is 12.8 Å². The average Bonchev–Trinajstić information content (AvgIpc) is 2.60. The van der Waals surface area contributed by atoms with Gasteiger partial charge >= 0.3 is 6.09 Å². The van der Waals surface area contributed by atoms with E-state index >= 15 is 0 Å². The molecule has 132 valence electrons. The molecule has 2 amide bonds. The van der Waals surface area contributed by atoms with E-state index in [1.54, 1.807) is 24.1 Å². The number of hydrogen-bond donors (Lipinski definition) is 1. The fraction of sp³-hybridized carbons (Fsp3) is 0.529. The number of carbonyl (C=O) groups excluding carboxylic acids is 2. The number of para-hydroxylation sites is 1. The number of amides is 2. The van der Waals surface area contributed by atoms with Crippen LogP contribution in [0.2, 0.25) is 0 Å². The summed E-state index contributed by atoms with van der Waals surface area (Å²) in [7, 11) is 1.58. The Morgan fingerprint density at radius 2 is 1.88 bits per heavy atom. The van der Waals surface area contributed by atoms with Crippen LogP contribution in [0.15, 0.2) is 30.3 Å². The first-order valence-corrected chi connectivity index (χ1v) is 8.07. The Hall–Kier alpha value is -2.12. The summed E-state index contributed by atoms with van der Waals surface area (Å²) in [6.45, 7) is 2.00. The predicted octanol–water partition coefficient (Wildman–Crippen LogP) is 1.43. The van der Waals surface area contributed by atoms with Crippen LogP contribution in [0.25, 0.3) is 0 Å². The zero-order valence-corrected chi connectivity index (χ0v) is 13.9. The van der Waals surface area contributed by atoms with Crippen molar-refractivity contribution in [1.29, 1.82) is 0 Å². The molecule has 1 aromatic carbocycles. The fourth-order valence-electron chi connectivity index (χ4n) is 2.44. The Kier molecular flexibility index (Phi) is 7.51. The van der Waals surface area contributed by atoms with Gasteiger partial charge in [0.05, 0.1) is 13.2 Å². The zero-order chi connectivity index (χ0) is 17.2. The van der Waals surface area contributed by atoms with E-state index in [0.717, 1.165) is 0 Å². The molecule has 0 radical (unpaired) electrons. The standard InChI is InChI=1S/C17H24N2O5/c1-22-11-12-23-13-16(20)18-14-7-9-19(10-8-14)17(21)24-15-5-3-2-4-6-15/h2-6,14H,7-13H2,1H3,(H,18,20). The van der Waals surface area contributed by atoms with E-state index in [1.807, 2.05) is 18.2 Å². The van der Waals surface area contributed by atoms with E-state index in [0.29, 0.717) is 44.9 Å². The SMILES string of the molecule is COCCOCC(=O)NC1CCN(C(=O)Oc2ccccc2)CC1. The van der Waals surface area contributed by atoms with Crippen molar-refractivity contribution in [3.05, 3.63) is 30.3 Å². The lowest BCUT2D eigenvalue weighted by molar-refractivity contribution is -0.127. The average molecular weight is 336 g/mol. The number of ether oxygens (including phenoxy) is 3. The quantitative estimate of drug-likeness (QED) is 0.762. The highest BCUT2D eigenvalue weighted by Gasteiger charge is 2.25. The van der Waals surface area contributed by atoms with E-state index in [1.165, 1.54) is 0 Å². The van der Waals surface area contributed by atoms with Crippen molar-refractivity contribution in [3.8, 4) is 5.75 Å². The van der Waals surface area contributed by atoms with Crippen LogP contribution in [0.4, 0.5) is 4.79 Å². The van der Waals surface area contributed by atoms with E-state index in [9.17, 15) is 9.59 Å². The smallest absolute Gasteiger partial charge is 0.410 e. The number of hydrogen-bond acceptors (Lipinski definition) is 5. The number of piperidine rings is 1. The van der Waals surface area contributed by atoms with Gasteiger partial charge in [0.25, 0.3) is 0 Å². The molecule has 7 nitrogen and oxygen atoms in total. The lowest BCUT2D eigenvalue weighted by Gasteiger charge is -2.31. The molecule has 1 aliphatic heterocycles. The molecule has 0 atom stereocenters. The number of nitrogens with zero attached hydrogens (tertiary/aromatic N) is 1. The topological polar surface area (TPSA) is 77.1 Å². The Labute approximate surface area is 141 Å². The Morgan fingerprint density at radius 3 is 2.54 bits per heavy atom. The summed E-state index contributed by atoms with van der Waals surface area (Å²) in [6.07, 6.45) is 1.05. The van der Waals surface area contributed by atoms with Crippen molar-refractivity contribution in [2.75, 3.05) is 40.0 Å². The molecule has 7 heteroatoms. The van der Waals surface area contributed by atoms with Crippen LogP contribution in [0, 0.1) is 0 Å². The molecule has 1 fully saturated rings. The van der Waals surface area contributed by atoms with Crippen LogP contribution in [-0.4, -0.2) is 63.0 Å². The maximum atomic E-state index is 12.1. The molecule has 1 saturated heterocycles. The van der Waals surface area contributed by atoms with Gasteiger partial charge in [-0.2, -0.15) is 0 Å². The first-order valence-electron chi connectivity index (χ1n) is 8.07. The molecule has 1 aromatic rings. The molecule has 0 spiro atoms. The summed E-state index contributed by atoms with van der Waals surface area (Å²) in [4.78, 5) is 25.5. The second-order valence-corrected chi connectivity index (χ2v) is 5.56. The second kappa shape index (κ2) is 9.89. The molecule has 24 heavy (non-hydrogen) atoms. The summed E-state index contributed by atoms with van der Waals surface area (Å²) < 4.78 is 15.3. The largest absolute Gasteiger partial charge is 0.415 e. The first kappa shape index (κ1) is 18.2. The van der Waals surface area contributed by atoms with Gasteiger partial charge in [0.15, 0.2) is 0 Å². The van der Waals surface area contributed by atoms with Gasteiger partial charge < -0.3 is 24.4 Å². The third-order valence-electron chi connectivity index (χ3n) is 3.73. The van der Waals surface area contributed by atoms with Gasteiger partial charge in [-0.25, -0.2) is 4.79 Å². The molecule has 0 aliphatic carbocycles. The second-order valence-electron chi connectivity index (χ2n) is 5.56. The third-order valence-corrected chi connectivity index (χ3v) is 3.73. The van der Waals surface area contributed by atoms with E-state index in [-0.39, 0.29) is 24.6 Å². The fourth-order valence-corrected chi connectivity index (χ4v) is 2.44. The number of benzene rings is 1. The van der Waals surface area contributed by atoms with Crippen molar-refractivity contribution < 1.29 is 23.8 Å². The summed E-state index contributed by atoms with van der Waals surface area (Å²) >= 11 is 0. The van der Waals surface area contributed by atoms with Gasteiger partial charge in [0.2, 0.25) is 5.91 Å². The monoisotopic (exact) mass is 336 g/mol. The minimum absolute atomic E-state index is 0.0274. The van der Waals surface area contributed by atoms with Crippen molar-refractivity contribution in [2.45, 2.75) is 18.9 Å². The summed E-state index contributed by atoms with van der Waals surface area (Å²) in [5.41, 5.74) is 0. The highest BCUT2D eigenvalue weighted by molar-refractivity contribution is 5.77. The van der Waals surface area contributed by atoms with Crippen molar-refractivity contribution in [3.63, 3.8) is 0 Å². The minimum atomic E-state index is -0.353. The van der Waals surface area contributed by atoms with E-state index < -0.39 is 0 Å². The van der Waals surface area contributed by atoms with Crippen molar-refractivity contribution >= 4 is 12.0 Å². The van der Waals surface area contributed by atoms with Crippen LogP contribution in [0.5, 0.6) is 5.75 Å². The van der Waals surface area contributed by atoms with E-state index in [2.05, 4.69) is 5.32 Å². The molecular formula is C17H24N2O5. The number of likely N-dealkylation sites (tertiary alicyclic amines) is 1. The first-order chi connectivity index (χ1) is 11.7. The molecule has 0 aromatic heterocycles. The third kappa shape index (κ3) is 6.17. The maximum absolute atomic E-state index is 12.1. The molecular weight excluding hydrogens is 312 g/mol. The van der Waals surface area contributed by atoms with Gasteiger partial charge in [0.1, 0.15) is 12.4 Å². The molecule has 0 unspecified atom stereocenters. The summed E-state index contributed by atoms with van der Waals surface area (Å²) in [6, 6.07) is 9.05. The predicted molar refractivity (Wildman–Crippen MR) is 87.9 cm³/mol. The molecule has 2 rings (SSSR count). The molecule has 1 heterocycles. The maximum Gasteiger partial charge on any atom is 0.415 e. The minimum Gasteiger partial charge on any atom is -0.410 e. The lowest BCUT2D eigenvalue weighted by atomic mass is 10.1. The Balaban J connectivity index is 1.65. The van der Waals surface area contributed by atoms with Crippen molar-refractivity contribution in [2.24, 2.45) is 0 Å². The normalized spacial score (nSPS) is 15.1. The van der Waals surface area contributed by atoms with Crippen LogP contribution >= 0.6 is 0 Å². The number of methoxy groups -OCH3 is 1. The van der Waals surface area contributed by atoms with Crippen molar-refractivity contribution in [1.82, 2.24) is 10.2 Å². The van der Waals surface area contributed by atoms with Gasteiger partial charge in [-0.15, -0.1) is 0 Å². The van der Waals surface area contributed by atoms with Crippen LogP contribution in [0.3, 0.4) is 0 Å². The van der Waals surface area contributed by atoms with Crippen LogP contribution in [-0.2, 0) is 14.3 Å². The molecule has 1 N–H and O–H groups in total. The van der Waals surface area contributed by atoms with E-state index in [4.69, 9.17) is 14.2 Å². The highest BCUT2D eigenvalue weighted by Crippen LogP contribution is 2.14. The van der Waals surface area contributed by atoms with Gasteiger partial charge in [-0.1, -0.05) is 18.2 Å². The summed E-state index contributed by atoms with van der Waals surface area (Å²) in [5.74, 6) is 0.391.